The first-order valence-electron chi connectivity index (χ1n) is 7.73. The highest BCUT2D eigenvalue weighted by atomic mass is 35.5. The van der Waals surface area contributed by atoms with E-state index in [4.69, 9.17) is 28.3 Å². The van der Waals surface area contributed by atoms with E-state index in [0.29, 0.717) is 11.4 Å². The van der Waals surface area contributed by atoms with Crippen molar-refractivity contribution in [3.8, 4) is 0 Å². The quantitative estimate of drug-likeness (QED) is 0.432. The molecule has 6 heteroatoms. The monoisotopic (exact) mass is 374 g/mol. The number of aromatic nitrogens is 2. The molecule has 0 aliphatic rings. The standard InChI is InChI=1S/C11H10ClNO2.C8H6ClN/c12-8-2-3-10-9(5-8)7(6-13-10)1-4-11(14)15;9-7-1-2-8-6(5-7)3-4-10-8/h2-3,5-6,13H,1,4H2,(H,14,15);1-5,10H. The molecule has 0 radical (unpaired) electrons. The van der Waals surface area contributed by atoms with Crippen LogP contribution in [0.3, 0.4) is 0 Å². The second kappa shape index (κ2) is 7.64. The van der Waals surface area contributed by atoms with Crippen LogP contribution in [0.1, 0.15) is 12.0 Å². The maximum atomic E-state index is 10.5. The summed E-state index contributed by atoms with van der Waals surface area (Å²) in [6.45, 7) is 0. The Kier molecular flexibility index (Phi) is 5.31. The van der Waals surface area contributed by atoms with Crippen LogP contribution >= 0.6 is 23.2 Å². The number of rotatable bonds is 3. The number of benzene rings is 2. The maximum Gasteiger partial charge on any atom is 0.303 e. The number of aromatic amines is 2. The summed E-state index contributed by atoms with van der Waals surface area (Å²) >= 11 is 11.6. The van der Waals surface area contributed by atoms with E-state index in [-0.39, 0.29) is 6.42 Å². The van der Waals surface area contributed by atoms with E-state index in [1.165, 1.54) is 0 Å². The van der Waals surface area contributed by atoms with Crippen LogP contribution in [0.5, 0.6) is 0 Å². The number of carbonyl (C=O) groups is 1. The Bertz CT molecular complexity index is 1020. The number of fused-ring (bicyclic) bond motifs is 2. The Morgan fingerprint density at radius 3 is 2.44 bits per heavy atom. The molecule has 25 heavy (non-hydrogen) atoms. The molecule has 0 atom stereocenters. The van der Waals surface area contributed by atoms with Gasteiger partial charge in [-0.15, -0.1) is 0 Å². The fraction of sp³-hybridized carbons (Fsp3) is 0.105. The first kappa shape index (κ1) is 17.4. The predicted octanol–water partition coefficient (Wildman–Crippen LogP) is 5.66. The predicted molar refractivity (Wildman–Crippen MR) is 103 cm³/mol. The summed E-state index contributed by atoms with van der Waals surface area (Å²) < 4.78 is 0. The minimum absolute atomic E-state index is 0.138. The molecule has 0 aliphatic heterocycles. The number of halogens is 2. The summed E-state index contributed by atoms with van der Waals surface area (Å²) in [6, 6.07) is 13.3. The second-order valence-corrected chi connectivity index (χ2v) is 6.48. The van der Waals surface area contributed by atoms with Crippen molar-refractivity contribution in [1.82, 2.24) is 9.97 Å². The van der Waals surface area contributed by atoms with Gasteiger partial charge in [-0.3, -0.25) is 4.79 Å². The molecule has 0 fully saturated rings. The van der Waals surface area contributed by atoms with Crippen molar-refractivity contribution >= 4 is 51.0 Å². The molecule has 0 amide bonds. The molecule has 0 spiro atoms. The normalized spacial score (nSPS) is 10.6. The van der Waals surface area contributed by atoms with Crippen LogP contribution in [0.4, 0.5) is 0 Å². The highest BCUT2D eigenvalue weighted by Crippen LogP contribution is 2.23. The molecule has 0 bridgehead atoms. The minimum atomic E-state index is -0.786. The molecule has 3 N–H and O–H groups in total. The van der Waals surface area contributed by atoms with Gasteiger partial charge < -0.3 is 15.1 Å². The summed E-state index contributed by atoms with van der Waals surface area (Å²) in [5, 5.41) is 12.2. The van der Waals surface area contributed by atoms with Gasteiger partial charge in [0.05, 0.1) is 0 Å². The topological polar surface area (TPSA) is 68.9 Å². The van der Waals surface area contributed by atoms with E-state index in [1.807, 2.05) is 48.8 Å². The first-order valence-corrected chi connectivity index (χ1v) is 8.48. The van der Waals surface area contributed by atoms with Gasteiger partial charge in [-0.25, -0.2) is 0 Å². The number of carboxylic acids is 1. The summed E-state index contributed by atoms with van der Waals surface area (Å²) in [7, 11) is 0. The molecule has 4 aromatic rings. The maximum absolute atomic E-state index is 10.5. The molecule has 0 saturated heterocycles. The van der Waals surface area contributed by atoms with E-state index in [2.05, 4.69) is 9.97 Å². The Labute approximate surface area is 154 Å². The van der Waals surface area contributed by atoms with Crippen LogP contribution in [0.25, 0.3) is 21.8 Å². The van der Waals surface area contributed by atoms with Crippen LogP contribution < -0.4 is 0 Å². The van der Waals surface area contributed by atoms with E-state index < -0.39 is 5.97 Å². The molecule has 2 aromatic carbocycles. The Morgan fingerprint density at radius 2 is 1.68 bits per heavy atom. The van der Waals surface area contributed by atoms with Crippen LogP contribution in [-0.2, 0) is 11.2 Å². The molecule has 0 aliphatic carbocycles. The van der Waals surface area contributed by atoms with Crippen molar-refractivity contribution in [2.75, 3.05) is 0 Å². The van der Waals surface area contributed by atoms with Crippen LogP contribution in [-0.4, -0.2) is 21.0 Å². The van der Waals surface area contributed by atoms with E-state index >= 15 is 0 Å². The molecular weight excluding hydrogens is 359 g/mol. The lowest BCUT2D eigenvalue weighted by molar-refractivity contribution is -0.136. The molecule has 0 saturated carbocycles. The van der Waals surface area contributed by atoms with Crippen molar-refractivity contribution in [3.05, 3.63) is 70.5 Å². The van der Waals surface area contributed by atoms with E-state index in [9.17, 15) is 4.79 Å². The number of nitrogens with one attached hydrogen (secondary N) is 2. The number of carboxylic acid groups (broad SMARTS) is 1. The van der Waals surface area contributed by atoms with Crippen molar-refractivity contribution in [3.63, 3.8) is 0 Å². The summed E-state index contributed by atoms with van der Waals surface area (Å²) in [5.41, 5.74) is 3.11. The number of hydrogen-bond donors (Lipinski definition) is 3. The zero-order valence-electron chi connectivity index (χ0n) is 13.2. The van der Waals surface area contributed by atoms with Gasteiger partial charge >= 0.3 is 5.97 Å². The SMILES string of the molecule is Clc1ccc2[nH]ccc2c1.O=C(O)CCc1c[nH]c2ccc(Cl)cc12. The molecule has 128 valence electrons. The van der Waals surface area contributed by atoms with Gasteiger partial charge in [-0.2, -0.15) is 0 Å². The number of H-pyrrole nitrogens is 2. The summed E-state index contributed by atoms with van der Waals surface area (Å²) in [4.78, 5) is 16.6. The third-order valence-corrected chi connectivity index (χ3v) is 4.32. The van der Waals surface area contributed by atoms with Crippen molar-refractivity contribution in [1.29, 1.82) is 0 Å². The fourth-order valence-electron chi connectivity index (χ4n) is 2.62. The highest BCUT2D eigenvalue weighted by molar-refractivity contribution is 6.31. The van der Waals surface area contributed by atoms with Gasteiger partial charge in [0.2, 0.25) is 0 Å². The van der Waals surface area contributed by atoms with Gasteiger partial charge in [-0.05, 0) is 54.4 Å². The highest BCUT2D eigenvalue weighted by Gasteiger charge is 2.06. The van der Waals surface area contributed by atoms with Gasteiger partial charge in [0, 0.05) is 50.7 Å². The van der Waals surface area contributed by atoms with E-state index in [1.54, 1.807) is 6.07 Å². The van der Waals surface area contributed by atoms with Crippen molar-refractivity contribution < 1.29 is 9.90 Å². The average molecular weight is 375 g/mol. The fourth-order valence-corrected chi connectivity index (χ4v) is 2.98. The number of aliphatic carboxylic acids is 1. The van der Waals surface area contributed by atoms with Crippen molar-refractivity contribution in [2.24, 2.45) is 0 Å². The van der Waals surface area contributed by atoms with Crippen LogP contribution in [0, 0.1) is 0 Å². The first-order chi connectivity index (χ1) is 12.0. The molecule has 4 rings (SSSR count). The third-order valence-electron chi connectivity index (χ3n) is 3.85. The van der Waals surface area contributed by atoms with Gasteiger partial charge in [-0.1, -0.05) is 23.2 Å². The Morgan fingerprint density at radius 1 is 0.960 bits per heavy atom. The summed E-state index contributed by atoms with van der Waals surface area (Å²) in [6.07, 6.45) is 4.40. The van der Waals surface area contributed by atoms with Crippen LogP contribution in [0.2, 0.25) is 10.0 Å². The van der Waals surface area contributed by atoms with Gasteiger partial charge in [0.15, 0.2) is 0 Å². The van der Waals surface area contributed by atoms with Crippen LogP contribution in [0.15, 0.2) is 54.9 Å². The Balaban J connectivity index is 0.000000157. The van der Waals surface area contributed by atoms with Gasteiger partial charge in [0.25, 0.3) is 0 Å². The second-order valence-electron chi connectivity index (χ2n) is 5.61. The Hall–Kier alpha value is -2.43. The lowest BCUT2D eigenvalue weighted by atomic mass is 10.1. The molecule has 2 heterocycles. The molecule has 2 aromatic heterocycles. The third kappa shape index (κ3) is 4.35. The molecule has 0 unspecified atom stereocenters. The molecule has 4 nitrogen and oxygen atoms in total. The average Bonchev–Trinajstić information content (AvgIpc) is 3.19. The zero-order chi connectivity index (χ0) is 17.8. The zero-order valence-corrected chi connectivity index (χ0v) is 14.7. The lowest BCUT2D eigenvalue weighted by Gasteiger charge is -1.96. The van der Waals surface area contributed by atoms with Crippen molar-refractivity contribution in [2.45, 2.75) is 12.8 Å². The lowest BCUT2D eigenvalue weighted by Crippen LogP contribution is -1.96. The number of hydrogen-bond acceptors (Lipinski definition) is 1. The minimum Gasteiger partial charge on any atom is -0.481 e. The van der Waals surface area contributed by atoms with E-state index in [0.717, 1.165) is 32.4 Å². The summed E-state index contributed by atoms with van der Waals surface area (Å²) in [5.74, 6) is -0.786. The molecular formula is C19H16Cl2N2O2. The number of aryl methyl sites for hydroxylation is 1. The van der Waals surface area contributed by atoms with Gasteiger partial charge in [0.1, 0.15) is 0 Å². The smallest absolute Gasteiger partial charge is 0.303 e. The largest absolute Gasteiger partial charge is 0.481 e.